The van der Waals surface area contributed by atoms with E-state index >= 15 is 0 Å². The number of hydrogen-bond donors (Lipinski definition) is 0. The maximum atomic E-state index is 14.3. The van der Waals surface area contributed by atoms with Crippen LogP contribution in [0.25, 0.3) is 27.4 Å². The summed E-state index contributed by atoms with van der Waals surface area (Å²) in [6.45, 7) is 6.59. The maximum Gasteiger partial charge on any atom is 0.266 e. The van der Waals surface area contributed by atoms with Crippen molar-refractivity contribution in [2.45, 2.75) is 46.1 Å². The zero-order valence-electron chi connectivity index (χ0n) is 22.5. The standard InChI is InChI=1S/C33H32ClN3O2/c1-4-5-10-20-36(32(38)27-16-11-13-24-12-6-7-14-26(24)27)23(3)31-35-29-17-9-8-15-28(29)33(39)37(31)30-19-18-25(34)21-22(30)2/h6-9,11-19,21,23H,4-5,10,20H2,1-3H3. The van der Waals surface area contributed by atoms with Gasteiger partial charge < -0.3 is 4.90 Å². The average Bonchev–Trinajstić information content (AvgIpc) is 2.95. The first-order valence-corrected chi connectivity index (χ1v) is 13.9. The van der Waals surface area contributed by atoms with Crippen LogP contribution in [0.3, 0.4) is 0 Å². The second kappa shape index (κ2) is 11.4. The van der Waals surface area contributed by atoms with Gasteiger partial charge in [-0.05, 0) is 73.0 Å². The SMILES string of the molecule is CCCCCN(C(=O)c1cccc2ccccc12)C(C)c1nc2ccccc2c(=O)n1-c1ccc(Cl)cc1C. The highest BCUT2D eigenvalue weighted by Gasteiger charge is 2.28. The second-order valence-electron chi connectivity index (χ2n) is 9.97. The monoisotopic (exact) mass is 537 g/mol. The van der Waals surface area contributed by atoms with E-state index in [1.54, 1.807) is 16.7 Å². The summed E-state index contributed by atoms with van der Waals surface area (Å²) in [4.78, 5) is 35.1. The molecule has 0 aliphatic carbocycles. The summed E-state index contributed by atoms with van der Waals surface area (Å²) in [5.74, 6) is 0.450. The van der Waals surface area contributed by atoms with Gasteiger partial charge in [0.25, 0.3) is 11.5 Å². The molecule has 0 spiro atoms. The van der Waals surface area contributed by atoms with Crippen LogP contribution >= 0.6 is 11.6 Å². The van der Waals surface area contributed by atoms with Crippen LogP contribution in [0.15, 0.2) is 89.7 Å². The van der Waals surface area contributed by atoms with Crippen LogP contribution in [0.4, 0.5) is 0 Å². The molecule has 0 bridgehead atoms. The van der Waals surface area contributed by atoms with Crippen molar-refractivity contribution >= 4 is 39.2 Å². The van der Waals surface area contributed by atoms with Crippen molar-refractivity contribution in [2.24, 2.45) is 0 Å². The van der Waals surface area contributed by atoms with Gasteiger partial charge in [0.15, 0.2) is 0 Å². The first-order chi connectivity index (χ1) is 18.9. The van der Waals surface area contributed by atoms with Crippen LogP contribution in [0, 0.1) is 6.92 Å². The normalized spacial score (nSPS) is 12.1. The number of halogens is 1. The van der Waals surface area contributed by atoms with Gasteiger partial charge in [-0.25, -0.2) is 4.98 Å². The van der Waals surface area contributed by atoms with Crippen LogP contribution in [-0.2, 0) is 0 Å². The van der Waals surface area contributed by atoms with Crippen molar-refractivity contribution in [1.82, 2.24) is 14.5 Å². The molecule has 198 valence electrons. The van der Waals surface area contributed by atoms with E-state index in [0.717, 1.165) is 35.6 Å². The number of para-hydroxylation sites is 1. The van der Waals surface area contributed by atoms with Crippen molar-refractivity contribution in [3.63, 3.8) is 0 Å². The zero-order chi connectivity index (χ0) is 27.5. The first kappa shape index (κ1) is 26.6. The summed E-state index contributed by atoms with van der Waals surface area (Å²) in [5.41, 5.74) is 2.65. The van der Waals surface area contributed by atoms with Crippen LogP contribution < -0.4 is 5.56 Å². The van der Waals surface area contributed by atoms with Gasteiger partial charge in [-0.3, -0.25) is 14.2 Å². The van der Waals surface area contributed by atoms with E-state index in [1.807, 2.05) is 91.5 Å². The van der Waals surface area contributed by atoms with Gasteiger partial charge in [0.05, 0.1) is 22.6 Å². The number of aromatic nitrogens is 2. The fourth-order valence-corrected chi connectivity index (χ4v) is 5.47. The third-order valence-electron chi connectivity index (χ3n) is 7.33. The van der Waals surface area contributed by atoms with Gasteiger partial charge in [-0.1, -0.05) is 79.9 Å². The Morgan fingerprint density at radius 2 is 1.67 bits per heavy atom. The largest absolute Gasteiger partial charge is 0.329 e. The minimum Gasteiger partial charge on any atom is -0.329 e. The number of aryl methyl sites for hydroxylation is 1. The van der Waals surface area contributed by atoms with Crippen LogP contribution in [0.2, 0.25) is 5.02 Å². The van der Waals surface area contributed by atoms with Gasteiger partial charge in [0.1, 0.15) is 5.82 Å². The third-order valence-corrected chi connectivity index (χ3v) is 7.56. The minimum atomic E-state index is -0.472. The second-order valence-corrected chi connectivity index (χ2v) is 10.4. The molecule has 4 aromatic carbocycles. The molecule has 0 saturated carbocycles. The number of fused-ring (bicyclic) bond motifs is 2. The molecule has 0 fully saturated rings. The van der Waals surface area contributed by atoms with Crippen LogP contribution in [-0.4, -0.2) is 26.9 Å². The molecule has 0 saturated heterocycles. The number of carbonyl (C=O) groups is 1. The molecule has 0 aliphatic rings. The van der Waals surface area contributed by atoms with Crippen LogP contribution in [0.5, 0.6) is 0 Å². The summed E-state index contributed by atoms with van der Waals surface area (Å²) >= 11 is 6.26. The molecule has 0 aliphatic heterocycles. The Labute approximate surface area is 233 Å². The molecule has 5 nitrogen and oxygen atoms in total. The Hall–Kier alpha value is -3.96. The number of benzene rings is 4. The Bertz CT molecular complexity index is 1720. The molecule has 6 heteroatoms. The van der Waals surface area contributed by atoms with E-state index in [4.69, 9.17) is 16.6 Å². The number of hydrogen-bond acceptors (Lipinski definition) is 3. The Balaban J connectivity index is 1.70. The molecule has 0 N–H and O–H groups in total. The van der Waals surface area contributed by atoms with Crippen LogP contribution in [0.1, 0.15) is 60.9 Å². The lowest BCUT2D eigenvalue weighted by molar-refractivity contribution is 0.0679. The maximum absolute atomic E-state index is 14.3. The summed E-state index contributed by atoms with van der Waals surface area (Å²) in [6.07, 6.45) is 2.89. The van der Waals surface area contributed by atoms with Crippen molar-refractivity contribution in [3.05, 3.63) is 117 Å². The quantitative estimate of drug-likeness (QED) is 0.189. The summed E-state index contributed by atoms with van der Waals surface area (Å²) in [7, 11) is 0. The molecule has 39 heavy (non-hydrogen) atoms. The first-order valence-electron chi connectivity index (χ1n) is 13.5. The Morgan fingerprint density at radius 3 is 2.44 bits per heavy atom. The predicted molar refractivity (Wildman–Crippen MR) is 160 cm³/mol. The van der Waals surface area contributed by atoms with Crippen molar-refractivity contribution < 1.29 is 4.79 Å². The van der Waals surface area contributed by atoms with Crippen molar-refractivity contribution in [3.8, 4) is 5.69 Å². The highest BCUT2D eigenvalue weighted by Crippen LogP contribution is 2.29. The molecule has 0 radical (unpaired) electrons. The molecule has 5 rings (SSSR count). The van der Waals surface area contributed by atoms with E-state index < -0.39 is 6.04 Å². The van der Waals surface area contributed by atoms with E-state index in [-0.39, 0.29) is 11.5 Å². The lowest BCUT2D eigenvalue weighted by Gasteiger charge is -2.31. The van der Waals surface area contributed by atoms with Crippen molar-refractivity contribution in [2.75, 3.05) is 6.54 Å². The van der Waals surface area contributed by atoms with E-state index in [2.05, 4.69) is 6.92 Å². The lowest BCUT2D eigenvalue weighted by Crippen LogP contribution is -2.38. The van der Waals surface area contributed by atoms with Gasteiger partial charge in [0.2, 0.25) is 0 Å². The Morgan fingerprint density at radius 1 is 0.949 bits per heavy atom. The number of rotatable bonds is 8. The molecule has 1 aromatic heterocycles. The lowest BCUT2D eigenvalue weighted by atomic mass is 10.0. The molecular formula is C33H32ClN3O2. The summed E-state index contributed by atoms with van der Waals surface area (Å²) in [5, 5.41) is 3.05. The molecule has 1 heterocycles. The average molecular weight is 538 g/mol. The number of amides is 1. The minimum absolute atomic E-state index is 0.0720. The number of nitrogens with zero attached hydrogens (tertiary/aromatic N) is 3. The highest BCUT2D eigenvalue weighted by atomic mass is 35.5. The van der Waals surface area contributed by atoms with E-state index in [1.165, 1.54) is 0 Å². The van der Waals surface area contributed by atoms with Gasteiger partial charge in [0, 0.05) is 17.1 Å². The topological polar surface area (TPSA) is 55.2 Å². The number of carbonyl (C=O) groups excluding carboxylic acids is 1. The van der Waals surface area contributed by atoms with E-state index in [9.17, 15) is 9.59 Å². The fourth-order valence-electron chi connectivity index (χ4n) is 5.24. The molecule has 1 unspecified atom stereocenters. The molecule has 1 amide bonds. The third kappa shape index (κ3) is 5.19. The highest BCUT2D eigenvalue weighted by molar-refractivity contribution is 6.30. The smallest absolute Gasteiger partial charge is 0.266 e. The predicted octanol–water partition coefficient (Wildman–Crippen LogP) is 7.89. The number of unbranched alkanes of at least 4 members (excludes halogenated alkanes) is 2. The van der Waals surface area contributed by atoms with Gasteiger partial charge in [-0.15, -0.1) is 0 Å². The molecule has 5 aromatic rings. The zero-order valence-corrected chi connectivity index (χ0v) is 23.3. The Kier molecular flexibility index (Phi) is 7.80. The van der Waals surface area contributed by atoms with Gasteiger partial charge in [-0.2, -0.15) is 0 Å². The molecule has 1 atom stereocenters. The van der Waals surface area contributed by atoms with E-state index in [0.29, 0.717) is 39.5 Å². The summed E-state index contributed by atoms with van der Waals surface area (Å²) in [6, 6.07) is 26.1. The summed E-state index contributed by atoms with van der Waals surface area (Å²) < 4.78 is 1.65. The van der Waals surface area contributed by atoms with Crippen molar-refractivity contribution in [1.29, 1.82) is 0 Å². The van der Waals surface area contributed by atoms with Gasteiger partial charge >= 0.3 is 0 Å². The fraction of sp³-hybridized carbons (Fsp3) is 0.242. The molecular weight excluding hydrogens is 506 g/mol.